The van der Waals surface area contributed by atoms with Crippen LogP contribution in [-0.2, 0) is 5.75 Å². The normalized spacial score (nSPS) is 10.8. The maximum Gasteiger partial charge on any atom is 0.277 e. The largest absolute Gasteiger partial charge is 0.411 e. The van der Waals surface area contributed by atoms with Crippen LogP contribution in [0.4, 0.5) is 5.69 Å². The van der Waals surface area contributed by atoms with E-state index < -0.39 is 0 Å². The molecule has 0 aliphatic heterocycles. The first-order valence-electron chi connectivity index (χ1n) is 6.99. The number of nitro groups is 1. The van der Waals surface area contributed by atoms with E-state index in [4.69, 9.17) is 16.0 Å². The van der Waals surface area contributed by atoms with Crippen LogP contribution in [0.15, 0.2) is 52.1 Å². The van der Waals surface area contributed by atoms with E-state index in [1.807, 2.05) is 6.07 Å². The molecule has 0 aliphatic carbocycles. The van der Waals surface area contributed by atoms with E-state index in [2.05, 4.69) is 10.2 Å². The minimum absolute atomic E-state index is 0.112. The van der Waals surface area contributed by atoms with Crippen LogP contribution < -0.4 is 0 Å². The first kappa shape index (κ1) is 16.5. The summed E-state index contributed by atoms with van der Waals surface area (Å²) < 4.78 is 5.61. The Kier molecular flexibility index (Phi) is 4.82. The van der Waals surface area contributed by atoms with Gasteiger partial charge >= 0.3 is 0 Å². The van der Waals surface area contributed by atoms with Gasteiger partial charge in [-0.1, -0.05) is 35.5 Å². The molecule has 0 fully saturated rings. The molecular weight excluding hydrogens is 350 g/mol. The topological polar surface area (TPSA) is 82.1 Å². The van der Waals surface area contributed by atoms with Crippen molar-refractivity contribution < 1.29 is 9.34 Å². The number of nitrogens with zero attached hydrogens (tertiary/aromatic N) is 3. The molecular formula is C16H12ClN3O3S. The molecule has 6 nitrogen and oxygen atoms in total. The van der Waals surface area contributed by atoms with Gasteiger partial charge in [0, 0.05) is 28.0 Å². The van der Waals surface area contributed by atoms with E-state index in [9.17, 15) is 10.1 Å². The average molecular weight is 362 g/mol. The molecule has 24 heavy (non-hydrogen) atoms. The molecule has 1 aromatic heterocycles. The van der Waals surface area contributed by atoms with E-state index in [-0.39, 0.29) is 10.6 Å². The number of halogens is 1. The molecule has 0 saturated heterocycles. The number of hydrogen-bond donors (Lipinski definition) is 0. The van der Waals surface area contributed by atoms with Crippen molar-refractivity contribution in [2.24, 2.45) is 0 Å². The minimum Gasteiger partial charge on any atom is -0.411 e. The van der Waals surface area contributed by atoms with Crippen LogP contribution in [0.5, 0.6) is 0 Å². The fourth-order valence-corrected chi connectivity index (χ4v) is 3.09. The van der Waals surface area contributed by atoms with E-state index in [0.29, 0.717) is 27.5 Å². The van der Waals surface area contributed by atoms with Gasteiger partial charge in [0.2, 0.25) is 5.89 Å². The predicted octanol–water partition coefficient (Wildman–Crippen LogP) is 4.90. The lowest BCUT2D eigenvalue weighted by Gasteiger charge is -2.04. The van der Waals surface area contributed by atoms with Gasteiger partial charge in [-0.15, -0.1) is 10.2 Å². The smallest absolute Gasteiger partial charge is 0.277 e. The van der Waals surface area contributed by atoms with Crippen LogP contribution in [0.3, 0.4) is 0 Å². The third-order valence-electron chi connectivity index (χ3n) is 3.46. The predicted molar refractivity (Wildman–Crippen MR) is 92.1 cm³/mol. The zero-order valence-corrected chi connectivity index (χ0v) is 14.2. The minimum atomic E-state index is -0.380. The number of nitro benzene ring substituents is 1. The molecule has 8 heteroatoms. The number of benzene rings is 2. The second kappa shape index (κ2) is 7.02. The van der Waals surface area contributed by atoms with E-state index in [1.54, 1.807) is 37.3 Å². The number of hydrogen-bond acceptors (Lipinski definition) is 6. The van der Waals surface area contributed by atoms with Crippen molar-refractivity contribution in [3.63, 3.8) is 0 Å². The van der Waals surface area contributed by atoms with Crippen LogP contribution in [0, 0.1) is 17.0 Å². The Balaban J connectivity index is 1.73. The molecule has 0 aliphatic rings. The Morgan fingerprint density at radius 2 is 1.96 bits per heavy atom. The van der Waals surface area contributed by atoms with Gasteiger partial charge in [0.15, 0.2) is 0 Å². The molecule has 3 aromatic rings. The van der Waals surface area contributed by atoms with Gasteiger partial charge in [-0.2, -0.15) is 0 Å². The number of thioether (sulfide) groups is 1. The molecule has 1 heterocycles. The molecule has 3 rings (SSSR count). The van der Waals surface area contributed by atoms with Crippen molar-refractivity contribution in [1.29, 1.82) is 0 Å². The summed E-state index contributed by atoms with van der Waals surface area (Å²) in [6.45, 7) is 1.74. The molecule has 0 atom stereocenters. The monoisotopic (exact) mass is 361 g/mol. The molecule has 122 valence electrons. The van der Waals surface area contributed by atoms with Gasteiger partial charge in [0.1, 0.15) is 0 Å². The fraction of sp³-hybridized carbons (Fsp3) is 0.125. The molecule has 0 radical (unpaired) electrons. The van der Waals surface area contributed by atoms with E-state index in [0.717, 1.165) is 11.1 Å². The highest BCUT2D eigenvalue weighted by Gasteiger charge is 2.15. The van der Waals surface area contributed by atoms with Crippen molar-refractivity contribution in [2.75, 3.05) is 0 Å². The summed E-state index contributed by atoms with van der Waals surface area (Å²) in [4.78, 5) is 10.6. The Hall–Kier alpha value is -2.38. The van der Waals surface area contributed by atoms with Crippen LogP contribution in [0.1, 0.15) is 11.1 Å². The molecule has 0 saturated carbocycles. The van der Waals surface area contributed by atoms with E-state index >= 15 is 0 Å². The standard InChI is InChI=1S/C16H12ClN3O3S/c1-10-12(3-2-4-14(10)20(21)22)9-24-16-19-18-15(23-16)11-5-7-13(17)8-6-11/h2-8H,9H2,1H3. The lowest BCUT2D eigenvalue weighted by molar-refractivity contribution is -0.385. The molecule has 0 unspecified atom stereocenters. The summed E-state index contributed by atoms with van der Waals surface area (Å²) in [7, 11) is 0. The first-order valence-corrected chi connectivity index (χ1v) is 8.36. The van der Waals surface area contributed by atoms with Crippen molar-refractivity contribution in [3.8, 4) is 11.5 Å². The summed E-state index contributed by atoms with van der Waals surface area (Å²) in [5.74, 6) is 0.917. The Labute approximate surface area is 147 Å². The Bertz CT molecular complexity index is 881. The molecule has 0 N–H and O–H groups in total. The summed E-state index contributed by atoms with van der Waals surface area (Å²) in [5.41, 5.74) is 2.40. The summed E-state index contributed by atoms with van der Waals surface area (Å²) in [6.07, 6.45) is 0. The molecule has 0 amide bonds. The van der Waals surface area contributed by atoms with Gasteiger partial charge < -0.3 is 4.42 Å². The molecule has 0 bridgehead atoms. The Morgan fingerprint density at radius 3 is 2.67 bits per heavy atom. The quantitative estimate of drug-likeness (QED) is 0.365. The maximum absolute atomic E-state index is 11.0. The lowest BCUT2D eigenvalue weighted by atomic mass is 10.1. The second-order valence-corrected chi connectivity index (χ2v) is 6.35. The van der Waals surface area contributed by atoms with Gasteiger partial charge in [-0.05, 0) is 36.8 Å². The van der Waals surface area contributed by atoms with Gasteiger partial charge in [0.05, 0.1) is 4.92 Å². The zero-order valence-electron chi connectivity index (χ0n) is 12.6. The van der Waals surface area contributed by atoms with Crippen LogP contribution in [0.25, 0.3) is 11.5 Å². The molecule has 2 aromatic carbocycles. The molecule has 0 spiro atoms. The van der Waals surface area contributed by atoms with Crippen LogP contribution >= 0.6 is 23.4 Å². The second-order valence-electron chi connectivity index (χ2n) is 4.99. The van der Waals surface area contributed by atoms with Crippen LogP contribution in [-0.4, -0.2) is 15.1 Å². The highest BCUT2D eigenvalue weighted by atomic mass is 35.5. The fourth-order valence-electron chi connectivity index (χ4n) is 2.14. The SMILES string of the molecule is Cc1c(CSc2nnc(-c3ccc(Cl)cc3)o2)cccc1[N+](=O)[O-]. The highest BCUT2D eigenvalue weighted by molar-refractivity contribution is 7.98. The summed E-state index contributed by atoms with van der Waals surface area (Å²) >= 11 is 7.19. The van der Waals surface area contributed by atoms with Crippen molar-refractivity contribution in [3.05, 3.63) is 68.7 Å². The maximum atomic E-state index is 11.0. The van der Waals surface area contributed by atoms with Crippen molar-refractivity contribution in [2.45, 2.75) is 17.9 Å². The Morgan fingerprint density at radius 1 is 1.21 bits per heavy atom. The summed E-state index contributed by atoms with van der Waals surface area (Å²) in [6, 6.07) is 12.1. The third-order valence-corrected chi connectivity index (χ3v) is 4.58. The number of aromatic nitrogens is 2. The lowest BCUT2D eigenvalue weighted by Crippen LogP contribution is -1.95. The third kappa shape index (κ3) is 3.58. The summed E-state index contributed by atoms with van der Waals surface area (Å²) in [5, 5.41) is 20.0. The van der Waals surface area contributed by atoms with Crippen molar-refractivity contribution in [1.82, 2.24) is 10.2 Å². The van der Waals surface area contributed by atoms with E-state index in [1.165, 1.54) is 17.8 Å². The zero-order chi connectivity index (χ0) is 17.1. The highest BCUT2D eigenvalue weighted by Crippen LogP contribution is 2.29. The van der Waals surface area contributed by atoms with Gasteiger partial charge in [0.25, 0.3) is 10.9 Å². The number of rotatable bonds is 5. The van der Waals surface area contributed by atoms with Gasteiger partial charge in [-0.25, -0.2) is 0 Å². The van der Waals surface area contributed by atoms with Gasteiger partial charge in [-0.3, -0.25) is 10.1 Å². The average Bonchev–Trinajstić information content (AvgIpc) is 3.03. The first-order chi connectivity index (χ1) is 11.5. The van der Waals surface area contributed by atoms with Crippen molar-refractivity contribution >= 4 is 29.1 Å². The van der Waals surface area contributed by atoms with Crippen LogP contribution in [0.2, 0.25) is 5.02 Å².